The number of nitrogens with one attached hydrogen (secondary N) is 2. The number of ether oxygens (including phenoxy) is 1. The molecule has 3 N–H and O–H groups in total. The second-order valence-electron chi connectivity index (χ2n) is 11.3. The molecule has 8 nitrogen and oxygen atoms in total. The van der Waals surface area contributed by atoms with Gasteiger partial charge in [-0.15, -0.1) is 0 Å². The fourth-order valence-electron chi connectivity index (χ4n) is 7.60. The Labute approximate surface area is 219 Å². The van der Waals surface area contributed by atoms with Crippen molar-refractivity contribution in [2.24, 2.45) is 11.8 Å². The summed E-state index contributed by atoms with van der Waals surface area (Å²) < 4.78 is 6.82. The van der Waals surface area contributed by atoms with Crippen LogP contribution in [0.4, 0.5) is 0 Å². The minimum absolute atomic E-state index is 0.0698. The molecule has 3 saturated heterocycles. The van der Waals surface area contributed by atoms with Gasteiger partial charge in [-0.1, -0.05) is 63.4 Å². The summed E-state index contributed by atoms with van der Waals surface area (Å²) in [5.74, 6) is -2.07. The number of carbonyl (C=O) groups is 3. The average Bonchev–Trinajstić information content (AvgIpc) is 3.53. The van der Waals surface area contributed by atoms with E-state index >= 15 is 0 Å². The lowest BCUT2D eigenvalue weighted by molar-refractivity contribution is -0.151. The molecule has 1 aromatic rings. The zero-order chi connectivity index (χ0) is 26.2. The lowest BCUT2D eigenvalue weighted by atomic mass is 9.65. The number of carbonyl (C=O) groups excluding carboxylic acids is 3. The first kappa shape index (κ1) is 26.2. The van der Waals surface area contributed by atoms with E-state index in [9.17, 15) is 19.5 Å². The quantitative estimate of drug-likeness (QED) is 0.473. The van der Waals surface area contributed by atoms with E-state index in [1.807, 2.05) is 44.2 Å². The molecule has 1 saturated carbocycles. The Balaban J connectivity index is 1.57. The van der Waals surface area contributed by atoms with E-state index < -0.39 is 35.1 Å². The van der Waals surface area contributed by atoms with Crippen LogP contribution in [-0.2, 0) is 19.1 Å². The van der Waals surface area contributed by atoms with Crippen molar-refractivity contribution in [2.45, 2.75) is 101 Å². The average molecular weight is 512 g/mol. The Morgan fingerprint density at radius 2 is 1.84 bits per heavy atom. The Hall–Kier alpha value is -2.45. The van der Waals surface area contributed by atoms with Crippen LogP contribution in [0.5, 0.6) is 0 Å². The zero-order valence-corrected chi connectivity index (χ0v) is 22.1. The monoisotopic (exact) mass is 511 g/mol. The Morgan fingerprint density at radius 3 is 2.49 bits per heavy atom. The number of fused-ring (bicyclic) bond motifs is 1. The zero-order valence-electron chi connectivity index (χ0n) is 22.1. The first-order valence-corrected chi connectivity index (χ1v) is 14.2. The molecule has 202 valence electrons. The highest BCUT2D eigenvalue weighted by atomic mass is 16.5. The summed E-state index contributed by atoms with van der Waals surface area (Å²) in [7, 11) is 0. The maximum Gasteiger partial charge on any atom is 0.246 e. The summed E-state index contributed by atoms with van der Waals surface area (Å²) in [6.45, 7) is 4.20. The molecule has 1 aromatic carbocycles. The van der Waals surface area contributed by atoms with Crippen LogP contribution in [0.2, 0.25) is 0 Å². The van der Waals surface area contributed by atoms with Crippen molar-refractivity contribution in [1.82, 2.24) is 15.5 Å². The summed E-state index contributed by atoms with van der Waals surface area (Å²) in [4.78, 5) is 43.6. The van der Waals surface area contributed by atoms with Crippen molar-refractivity contribution in [3.05, 3.63) is 35.9 Å². The standard InChI is InChI=1S/C29H41N3O5/c1-3-17-30-25(34)22-23-27(36)32(21(18-33)19-11-7-5-8-12-19)24(26(35)31-20-13-9-6-10-14-20)29(23)16-15-28(22,4-2)37-29/h5,7-8,11-12,20-24,33H,3-4,6,9-10,13-18H2,1-2H3,(H,30,34)(H,31,35)/t21-,22-,23+,24?,28+,29?/m1/s1. The van der Waals surface area contributed by atoms with Crippen LogP contribution >= 0.6 is 0 Å². The molecule has 3 amide bonds. The van der Waals surface area contributed by atoms with Gasteiger partial charge in [-0.05, 0) is 44.1 Å². The third-order valence-electron chi connectivity index (χ3n) is 9.34. The molecule has 2 bridgehead atoms. The van der Waals surface area contributed by atoms with Gasteiger partial charge >= 0.3 is 0 Å². The number of benzene rings is 1. The largest absolute Gasteiger partial charge is 0.394 e. The summed E-state index contributed by atoms with van der Waals surface area (Å²) in [6.07, 6.45) is 7.73. The minimum atomic E-state index is -1.08. The normalized spacial score (nSPS) is 33.9. The SMILES string of the molecule is CCCNC(=O)[C@H]1[C@H]2C(=O)N([C@H](CO)c3ccccc3)C(C(=O)NC3CCCCC3)C23CC[C@]1(CC)O3. The first-order valence-electron chi connectivity index (χ1n) is 14.2. The molecule has 37 heavy (non-hydrogen) atoms. The molecule has 4 fully saturated rings. The fraction of sp³-hybridized carbons (Fsp3) is 0.690. The number of hydrogen-bond acceptors (Lipinski definition) is 5. The second-order valence-corrected chi connectivity index (χ2v) is 11.3. The Morgan fingerprint density at radius 1 is 1.11 bits per heavy atom. The molecular weight excluding hydrogens is 470 g/mol. The first-order chi connectivity index (χ1) is 17.9. The van der Waals surface area contributed by atoms with Gasteiger partial charge in [-0.25, -0.2) is 0 Å². The fourth-order valence-corrected chi connectivity index (χ4v) is 7.60. The van der Waals surface area contributed by atoms with Gasteiger partial charge in [-0.2, -0.15) is 0 Å². The van der Waals surface area contributed by atoms with Crippen molar-refractivity contribution in [1.29, 1.82) is 0 Å². The van der Waals surface area contributed by atoms with Crippen LogP contribution in [0.15, 0.2) is 30.3 Å². The van der Waals surface area contributed by atoms with Gasteiger partial charge in [0, 0.05) is 12.6 Å². The lowest BCUT2D eigenvalue weighted by Gasteiger charge is -2.38. The molecule has 0 radical (unpaired) electrons. The van der Waals surface area contributed by atoms with Crippen molar-refractivity contribution < 1.29 is 24.2 Å². The highest BCUT2D eigenvalue weighted by Gasteiger charge is 2.79. The van der Waals surface area contributed by atoms with E-state index in [1.54, 1.807) is 4.90 Å². The lowest BCUT2D eigenvalue weighted by Crippen LogP contribution is -2.57. The van der Waals surface area contributed by atoms with Crippen LogP contribution in [-0.4, -0.2) is 64.2 Å². The maximum absolute atomic E-state index is 14.4. The molecule has 8 heteroatoms. The van der Waals surface area contributed by atoms with Gasteiger partial charge < -0.3 is 25.4 Å². The van der Waals surface area contributed by atoms with Crippen molar-refractivity contribution in [3.63, 3.8) is 0 Å². The summed E-state index contributed by atoms with van der Waals surface area (Å²) in [5.41, 5.74) is -1.07. The molecule has 1 spiro atoms. The number of hydrogen-bond donors (Lipinski definition) is 3. The molecule has 1 aliphatic carbocycles. The molecule has 2 unspecified atom stereocenters. The predicted octanol–water partition coefficient (Wildman–Crippen LogP) is 2.85. The minimum Gasteiger partial charge on any atom is -0.394 e. The van der Waals surface area contributed by atoms with Crippen LogP contribution in [0, 0.1) is 11.8 Å². The van der Waals surface area contributed by atoms with E-state index in [4.69, 9.17) is 4.74 Å². The van der Waals surface area contributed by atoms with Gasteiger partial charge in [0.05, 0.1) is 30.1 Å². The Bertz CT molecular complexity index is 1010. The molecule has 3 aliphatic heterocycles. The molecule has 0 aromatic heterocycles. The second kappa shape index (κ2) is 10.4. The summed E-state index contributed by atoms with van der Waals surface area (Å²) in [5, 5.41) is 16.8. The molecule has 5 rings (SSSR count). The molecule has 4 aliphatic rings. The van der Waals surface area contributed by atoms with E-state index in [-0.39, 0.29) is 30.4 Å². The summed E-state index contributed by atoms with van der Waals surface area (Å²) >= 11 is 0. The number of rotatable bonds is 9. The number of aliphatic hydroxyl groups excluding tert-OH is 1. The van der Waals surface area contributed by atoms with Crippen LogP contribution in [0.25, 0.3) is 0 Å². The number of nitrogens with zero attached hydrogens (tertiary/aromatic N) is 1. The number of amides is 3. The van der Waals surface area contributed by atoms with Crippen molar-refractivity contribution >= 4 is 17.7 Å². The van der Waals surface area contributed by atoms with Crippen molar-refractivity contribution in [2.75, 3.05) is 13.2 Å². The van der Waals surface area contributed by atoms with E-state index in [1.165, 1.54) is 6.42 Å². The van der Waals surface area contributed by atoms with Gasteiger partial charge in [0.1, 0.15) is 11.6 Å². The van der Waals surface area contributed by atoms with Gasteiger partial charge in [0.2, 0.25) is 17.7 Å². The third-order valence-corrected chi connectivity index (χ3v) is 9.34. The molecule has 6 atom stereocenters. The predicted molar refractivity (Wildman–Crippen MR) is 138 cm³/mol. The van der Waals surface area contributed by atoms with Gasteiger partial charge in [0.15, 0.2) is 0 Å². The van der Waals surface area contributed by atoms with E-state index in [2.05, 4.69) is 10.6 Å². The molecule has 3 heterocycles. The topological polar surface area (TPSA) is 108 Å². The van der Waals surface area contributed by atoms with E-state index in [0.717, 1.165) is 37.7 Å². The maximum atomic E-state index is 14.4. The molecular formula is C29H41N3O5. The summed E-state index contributed by atoms with van der Waals surface area (Å²) in [6, 6.07) is 7.82. The van der Waals surface area contributed by atoms with Gasteiger partial charge in [0.25, 0.3) is 0 Å². The highest BCUT2D eigenvalue weighted by molar-refractivity contribution is 5.99. The highest BCUT2D eigenvalue weighted by Crippen LogP contribution is 2.65. The number of likely N-dealkylation sites (tertiary alicyclic amines) is 1. The van der Waals surface area contributed by atoms with Crippen LogP contribution in [0.3, 0.4) is 0 Å². The van der Waals surface area contributed by atoms with E-state index in [0.29, 0.717) is 25.8 Å². The number of aliphatic hydroxyl groups is 1. The van der Waals surface area contributed by atoms with Crippen molar-refractivity contribution in [3.8, 4) is 0 Å². The smallest absolute Gasteiger partial charge is 0.246 e. The van der Waals surface area contributed by atoms with Crippen LogP contribution in [0.1, 0.15) is 83.2 Å². The van der Waals surface area contributed by atoms with Crippen LogP contribution < -0.4 is 10.6 Å². The van der Waals surface area contributed by atoms with Gasteiger partial charge in [-0.3, -0.25) is 14.4 Å². The Kier molecular flexibility index (Phi) is 7.33. The third kappa shape index (κ3) is 4.16.